The van der Waals surface area contributed by atoms with Crippen molar-refractivity contribution in [1.82, 2.24) is 15.1 Å². The first-order chi connectivity index (χ1) is 8.29. The Hall–Kier alpha value is -1.11. The van der Waals surface area contributed by atoms with Crippen LogP contribution in [0.3, 0.4) is 0 Å². The summed E-state index contributed by atoms with van der Waals surface area (Å²) < 4.78 is 6.71. The molecule has 0 radical (unpaired) electrons. The zero-order valence-electron chi connectivity index (χ0n) is 10.4. The number of ether oxygens (including phenoxy) is 1. The molecule has 102 valence electrons. The van der Waals surface area contributed by atoms with Crippen LogP contribution in [-0.2, 0) is 16.1 Å². The van der Waals surface area contributed by atoms with E-state index in [1.54, 1.807) is 18.0 Å². The number of methoxy groups -OCH3 is 1. The number of hydrogen-bond donors (Lipinski definition) is 2. The lowest BCUT2D eigenvalue weighted by atomic mass is 10.2. The van der Waals surface area contributed by atoms with Crippen LogP contribution in [0.25, 0.3) is 0 Å². The Morgan fingerprint density at radius 1 is 1.72 bits per heavy atom. The Balaban J connectivity index is 0.00000162. The largest absolute Gasteiger partial charge is 0.383 e. The first-order valence-corrected chi connectivity index (χ1v) is 5.85. The predicted octanol–water partition coefficient (Wildman–Crippen LogP) is 0.642. The molecule has 1 aliphatic rings. The zero-order valence-corrected chi connectivity index (χ0v) is 11.2. The van der Waals surface area contributed by atoms with Gasteiger partial charge in [-0.25, -0.2) is 0 Å². The SMILES string of the molecule is COCCn1cc(NC(=O)C2CCCN2)cn1.Cl. The first kappa shape index (κ1) is 14.9. The average Bonchev–Trinajstić information content (AvgIpc) is 2.97. The van der Waals surface area contributed by atoms with Crippen LogP contribution in [0.1, 0.15) is 12.8 Å². The van der Waals surface area contributed by atoms with Gasteiger partial charge in [-0.05, 0) is 19.4 Å². The van der Waals surface area contributed by atoms with Crippen molar-refractivity contribution in [3.63, 3.8) is 0 Å². The van der Waals surface area contributed by atoms with Gasteiger partial charge in [-0.2, -0.15) is 5.10 Å². The summed E-state index contributed by atoms with van der Waals surface area (Å²) in [5, 5.41) is 10.1. The normalized spacial score (nSPS) is 18.4. The van der Waals surface area contributed by atoms with Gasteiger partial charge in [0.15, 0.2) is 0 Å². The van der Waals surface area contributed by atoms with E-state index in [9.17, 15) is 4.79 Å². The van der Waals surface area contributed by atoms with Gasteiger partial charge in [0.25, 0.3) is 0 Å². The molecular weight excluding hydrogens is 256 g/mol. The summed E-state index contributed by atoms with van der Waals surface area (Å²) in [4.78, 5) is 11.8. The van der Waals surface area contributed by atoms with Crippen LogP contribution in [0.4, 0.5) is 5.69 Å². The fourth-order valence-electron chi connectivity index (χ4n) is 1.87. The summed E-state index contributed by atoms with van der Waals surface area (Å²) in [5.74, 6) is 0.0220. The standard InChI is InChI=1S/C11H18N4O2.ClH/c1-17-6-5-15-8-9(7-13-15)14-11(16)10-3-2-4-12-10;/h7-8,10,12H,2-6H2,1H3,(H,14,16);1H. The average molecular weight is 275 g/mol. The van der Waals surface area contributed by atoms with Gasteiger partial charge in [0.05, 0.1) is 31.1 Å². The molecule has 0 aromatic carbocycles. The topological polar surface area (TPSA) is 68.2 Å². The van der Waals surface area contributed by atoms with Gasteiger partial charge in [-0.3, -0.25) is 9.48 Å². The number of amides is 1. The minimum atomic E-state index is -0.0580. The number of rotatable bonds is 5. The second kappa shape index (κ2) is 7.35. The van der Waals surface area contributed by atoms with Gasteiger partial charge in [-0.15, -0.1) is 12.4 Å². The molecule has 7 heteroatoms. The number of carbonyl (C=O) groups excluding carboxylic acids is 1. The van der Waals surface area contributed by atoms with Crippen molar-refractivity contribution >= 4 is 24.0 Å². The molecule has 2 N–H and O–H groups in total. The Labute approximate surface area is 112 Å². The van der Waals surface area contributed by atoms with Crippen LogP contribution in [0.5, 0.6) is 0 Å². The number of aromatic nitrogens is 2. The molecule has 18 heavy (non-hydrogen) atoms. The fraction of sp³-hybridized carbons (Fsp3) is 0.636. The molecule has 1 saturated heterocycles. The van der Waals surface area contributed by atoms with E-state index in [2.05, 4.69) is 15.7 Å². The maximum Gasteiger partial charge on any atom is 0.241 e. The molecular formula is C11H19ClN4O2. The smallest absolute Gasteiger partial charge is 0.241 e. The molecule has 0 spiro atoms. The van der Waals surface area contributed by atoms with Gasteiger partial charge >= 0.3 is 0 Å². The second-order valence-corrected chi connectivity index (χ2v) is 4.12. The molecule has 0 saturated carbocycles. The lowest BCUT2D eigenvalue weighted by Crippen LogP contribution is -2.35. The monoisotopic (exact) mass is 274 g/mol. The third-order valence-electron chi connectivity index (χ3n) is 2.80. The summed E-state index contributed by atoms with van der Waals surface area (Å²) >= 11 is 0. The van der Waals surface area contributed by atoms with Gasteiger partial charge in [0.2, 0.25) is 5.91 Å². The number of carbonyl (C=O) groups is 1. The lowest BCUT2D eigenvalue weighted by molar-refractivity contribution is -0.117. The number of nitrogens with zero attached hydrogens (tertiary/aromatic N) is 2. The van der Waals surface area contributed by atoms with E-state index in [1.807, 2.05) is 6.20 Å². The van der Waals surface area contributed by atoms with Gasteiger partial charge < -0.3 is 15.4 Å². The molecule has 1 unspecified atom stereocenters. The van der Waals surface area contributed by atoms with Gasteiger partial charge in [-0.1, -0.05) is 0 Å². The fourth-order valence-corrected chi connectivity index (χ4v) is 1.87. The molecule has 6 nitrogen and oxygen atoms in total. The Bertz CT molecular complexity index is 377. The third-order valence-corrected chi connectivity index (χ3v) is 2.80. The maximum absolute atomic E-state index is 11.8. The lowest BCUT2D eigenvalue weighted by Gasteiger charge is -2.08. The number of anilines is 1. The number of nitrogens with one attached hydrogen (secondary N) is 2. The number of halogens is 1. The third kappa shape index (κ3) is 3.97. The highest BCUT2D eigenvalue weighted by atomic mass is 35.5. The Morgan fingerprint density at radius 2 is 2.56 bits per heavy atom. The van der Waals surface area contributed by atoms with Crippen LogP contribution in [0, 0.1) is 0 Å². The predicted molar refractivity (Wildman–Crippen MR) is 71.0 cm³/mol. The van der Waals surface area contributed by atoms with Crippen molar-refractivity contribution in [2.45, 2.75) is 25.4 Å². The minimum Gasteiger partial charge on any atom is -0.383 e. The molecule has 1 aliphatic heterocycles. The maximum atomic E-state index is 11.8. The summed E-state index contributed by atoms with van der Waals surface area (Å²) in [6.07, 6.45) is 5.43. The summed E-state index contributed by atoms with van der Waals surface area (Å²) in [6, 6.07) is -0.0580. The van der Waals surface area contributed by atoms with Crippen molar-refractivity contribution in [2.75, 3.05) is 25.6 Å². The van der Waals surface area contributed by atoms with Gasteiger partial charge in [0.1, 0.15) is 0 Å². The molecule has 1 aromatic rings. The van der Waals surface area contributed by atoms with Crippen molar-refractivity contribution in [2.24, 2.45) is 0 Å². The van der Waals surface area contributed by atoms with Crippen LogP contribution < -0.4 is 10.6 Å². The molecule has 1 atom stereocenters. The zero-order chi connectivity index (χ0) is 12.1. The van der Waals surface area contributed by atoms with Crippen LogP contribution in [0.2, 0.25) is 0 Å². The van der Waals surface area contributed by atoms with Crippen molar-refractivity contribution in [1.29, 1.82) is 0 Å². The summed E-state index contributed by atoms with van der Waals surface area (Å²) in [5.41, 5.74) is 0.736. The van der Waals surface area contributed by atoms with Crippen LogP contribution >= 0.6 is 12.4 Å². The van der Waals surface area contributed by atoms with E-state index >= 15 is 0 Å². The van der Waals surface area contributed by atoms with Crippen LogP contribution in [0.15, 0.2) is 12.4 Å². The molecule has 1 aromatic heterocycles. The minimum absolute atomic E-state index is 0. The quantitative estimate of drug-likeness (QED) is 0.827. The van der Waals surface area contributed by atoms with Crippen molar-refractivity contribution in [3.8, 4) is 0 Å². The first-order valence-electron chi connectivity index (χ1n) is 5.85. The van der Waals surface area contributed by atoms with Crippen molar-refractivity contribution < 1.29 is 9.53 Å². The highest BCUT2D eigenvalue weighted by Crippen LogP contribution is 2.10. The molecule has 2 rings (SSSR count). The molecule has 0 aliphatic carbocycles. The Kier molecular flexibility index (Phi) is 6.11. The molecule has 1 amide bonds. The molecule has 1 fully saturated rings. The summed E-state index contributed by atoms with van der Waals surface area (Å²) in [6.45, 7) is 2.22. The van der Waals surface area contributed by atoms with E-state index in [0.717, 1.165) is 25.1 Å². The van der Waals surface area contributed by atoms with E-state index in [-0.39, 0.29) is 24.4 Å². The van der Waals surface area contributed by atoms with E-state index in [0.29, 0.717) is 13.2 Å². The Morgan fingerprint density at radius 3 is 3.22 bits per heavy atom. The second-order valence-electron chi connectivity index (χ2n) is 4.12. The van der Waals surface area contributed by atoms with Crippen molar-refractivity contribution in [3.05, 3.63) is 12.4 Å². The number of hydrogen-bond acceptors (Lipinski definition) is 4. The van der Waals surface area contributed by atoms with Crippen LogP contribution in [-0.4, -0.2) is 42.0 Å². The van der Waals surface area contributed by atoms with Gasteiger partial charge in [0, 0.05) is 13.3 Å². The summed E-state index contributed by atoms with van der Waals surface area (Å²) in [7, 11) is 1.65. The highest BCUT2D eigenvalue weighted by molar-refractivity contribution is 5.94. The molecule has 2 heterocycles. The van der Waals surface area contributed by atoms with E-state index < -0.39 is 0 Å². The highest BCUT2D eigenvalue weighted by Gasteiger charge is 2.22. The molecule has 0 bridgehead atoms. The van der Waals surface area contributed by atoms with E-state index in [4.69, 9.17) is 4.74 Å². The van der Waals surface area contributed by atoms with E-state index in [1.165, 1.54) is 0 Å².